The van der Waals surface area contributed by atoms with Gasteiger partial charge in [-0.2, -0.15) is 13.2 Å². The van der Waals surface area contributed by atoms with Crippen molar-refractivity contribution in [3.63, 3.8) is 0 Å². The van der Waals surface area contributed by atoms with E-state index in [2.05, 4.69) is 5.32 Å². The molecule has 0 atom stereocenters. The van der Waals surface area contributed by atoms with Crippen molar-refractivity contribution in [2.75, 3.05) is 37.6 Å². The second kappa shape index (κ2) is 7.55. The van der Waals surface area contributed by atoms with Crippen molar-refractivity contribution in [1.29, 1.82) is 0 Å². The van der Waals surface area contributed by atoms with Gasteiger partial charge in [-0.05, 0) is 18.2 Å². The molecule has 5 nitrogen and oxygen atoms in total. The largest absolute Gasteiger partial charge is 0.416 e. The molecule has 24 heavy (non-hydrogen) atoms. The summed E-state index contributed by atoms with van der Waals surface area (Å²) in [5.74, 6) is -0.369. The monoisotopic (exact) mass is 343 g/mol. The third-order valence-electron chi connectivity index (χ3n) is 3.93. The Bertz CT molecular complexity index is 596. The van der Waals surface area contributed by atoms with Crippen LogP contribution in [0.1, 0.15) is 18.9 Å². The van der Waals surface area contributed by atoms with Crippen LogP contribution in [0.5, 0.6) is 0 Å². The molecule has 1 saturated heterocycles. The normalized spacial score (nSPS) is 15.3. The summed E-state index contributed by atoms with van der Waals surface area (Å²) in [6.45, 7) is 3.39. The van der Waals surface area contributed by atoms with E-state index in [1.54, 1.807) is 17.9 Å². The van der Waals surface area contributed by atoms with E-state index in [1.807, 2.05) is 4.90 Å². The van der Waals surface area contributed by atoms with Gasteiger partial charge in [0.05, 0.1) is 12.1 Å². The molecule has 1 aliphatic rings. The Balaban J connectivity index is 1.91. The SMILES string of the molecule is CCC(=O)NCC(=O)N1CCN(c2cccc(C(F)(F)F)c2)CC1. The molecule has 1 aromatic rings. The Hall–Kier alpha value is -2.25. The molecular weight excluding hydrogens is 323 g/mol. The number of carbonyl (C=O) groups is 2. The van der Waals surface area contributed by atoms with Gasteiger partial charge in [0, 0.05) is 38.3 Å². The van der Waals surface area contributed by atoms with Gasteiger partial charge in [-0.3, -0.25) is 9.59 Å². The Kier molecular flexibility index (Phi) is 5.69. The van der Waals surface area contributed by atoms with Crippen molar-refractivity contribution in [2.45, 2.75) is 19.5 Å². The van der Waals surface area contributed by atoms with Crippen LogP contribution in [-0.2, 0) is 15.8 Å². The van der Waals surface area contributed by atoms with Crippen LogP contribution < -0.4 is 10.2 Å². The summed E-state index contributed by atoms with van der Waals surface area (Å²) in [5.41, 5.74) is -0.183. The van der Waals surface area contributed by atoms with E-state index in [1.165, 1.54) is 6.07 Å². The summed E-state index contributed by atoms with van der Waals surface area (Å²) in [6.07, 6.45) is -4.05. The summed E-state index contributed by atoms with van der Waals surface area (Å²) < 4.78 is 38.3. The van der Waals surface area contributed by atoms with Gasteiger partial charge in [-0.15, -0.1) is 0 Å². The van der Waals surface area contributed by atoms with Crippen LogP contribution in [0, 0.1) is 0 Å². The first-order chi connectivity index (χ1) is 11.3. The van der Waals surface area contributed by atoms with Crippen molar-refractivity contribution < 1.29 is 22.8 Å². The quantitative estimate of drug-likeness (QED) is 0.908. The molecule has 0 bridgehead atoms. The van der Waals surface area contributed by atoms with Crippen LogP contribution >= 0.6 is 0 Å². The first-order valence-corrected chi connectivity index (χ1v) is 7.78. The number of hydrogen-bond donors (Lipinski definition) is 1. The van der Waals surface area contributed by atoms with Gasteiger partial charge >= 0.3 is 6.18 Å². The number of amides is 2. The van der Waals surface area contributed by atoms with Crippen LogP contribution in [-0.4, -0.2) is 49.4 Å². The molecule has 132 valence electrons. The number of benzene rings is 1. The lowest BCUT2D eigenvalue weighted by Crippen LogP contribution is -2.51. The molecule has 0 saturated carbocycles. The first-order valence-electron chi connectivity index (χ1n) is 7.78. The van der Waals surface area contributed by atoms with Crippen molar-refractivity contribution in [3.8, 4) is 0 Å². The summed E-state index contributed by atoms with van der Waals surface area (Å²) >= 11 is 0. The van der Waals surface area contributed by atoms with Crippen molar-refractivity contribution in [2.24, 2.45) is 0 Å². The Morgan fingerprint density at radius 2 is 1.83 bits per heavy atom. The predicted octanol–water partition coefficient (Wildman–Crippen LogP) is 1.88. The minimum Gasteiger partial charge on any atom is -0.368 e. The zero-order valence-electron chi connectivity index (χ0n) is 13.4. The minimum atomic E-state index is -4.37. The molecule has 1 fully saturated rings. The van der Waals surface area contributed by atoms with E-state index in [4.69, 9.17) is 0 Å². The van der Waals surface area contributed by atoms with Crippen LogP contribution in [0.15, 0.2) is 24.3 Å². The minimum absolute atomic E-state index is 0.0454. The van der Waals surface area contributed by atoms with E-state index in [9.17, 15) is 22.8 Å². The molecule has 0 unspecified atom stereocenters. The highest BCUT2D eigenvalue weighted by atomic mass is 19.4. The average molecular weight is 343 g/mol. The number of hydrogen-bond acceptors (Lipinski definition) is 3. The maximum absolute atomic E-state index is 12.8. The second-order valence-corrected chi connectivity index (χ2v) is 5.55. The van der Waals surface area contributed by atoms with E-state index in [0.29, 0.717) is 38.3 Å². The molecule has 2 rings (SSSR count). The third kappa shape index (κ3) is 4.62. The average Bonchev–Trinajstić information content (AvgIpc) is 2.59. The van der Waals surface area contributed by atoms with Crippen LogP contribution in [0.3, 0.4) is 0 Å². The lowest BCUT2D eigenvalue weighted by molar-refractivity contribution is -0.137. The molecule has 2 amide bonds. The summed E-state index contributed by atoms with van der Waals surface area (Å²) in [5, 5.41) is 2.53. The van der Waals surface area contributed by atoms with E-state index in [-0.39, 0.29) is 18.4 Å². The number of nitrogens with one attached hydrogen (secondary N) is 1. The fourth-order valence-corrected chi connectivity index (χ4v) is 2.50. The molecular formula is C16H20F3N3O2. The maximum atomic E-state index is 12.8. The third-order valence-corrected chi connectivity index (χ3v) is 3.93. The number of carbonyl (C=O) groups excluding carboxylic acids is 2. The summed E-state index contributed by atoms with van der Waals surface area (Å²) in [7, 11) is 0. The van der Waals surface area contributed by atoms with Gasteiger partial charge in [0.15, 0.2) is 0 Å². The highest BCUT2D eigenvalue weighted by Gasteiger charge is 2.31. The fraction of sp³-hybridized carbons (Fsp3) is 0.500. The molecule has 0 aromatic heterocycles. The van der Waals surface area contributed by atoms with E-state index < -0.39 is 11.7 Å². The summed E-state index contributed by atoms with van der Waals surface area (Å²) in [6, 6.07) is 5.18. The van der Waals surface area contributed by atoms with Crippen LogP contribution in [0.2, 0.25) is 0 Å². The maximum Gasteiger partial charge on any atom is 0.416 e. The van der Waals surface area contributed by atoms with Gasteiger partial charge in [0.1, 0.15) is 0 Å². The topological polar surface area (TPSA) is 52.7 Å². The van der Waals surface area contributed by atoms with Gasteiger partial charge in [0.25, 0.3) is 0 Å². The van der Waals surface area contributed by atoms with Crippen molar-refractivity contribution >= 4 is 17.5 Å². The van der Waals surface area contributed by atoms with Crippen LogP contribution in [0.25, 0.3) is 0 Å². The number of piperazine rings is 1. The number of alkyl halides is 3. The molecule has 1 N–H and O–H groups in total. The van der Waals surface area contributed by atoms with Crippen molar-refractivity contribution in [3.05, 3.63) is 29.8 Å². The highest BCUT2D eigenvalue weighted by molar-refractivity contribution is 5.84. The highest BCUT2D eigenvalue weighted by Crippen LogP contribution is 2.31. The smallest absolute Gasteiger partial charge is 0.368 e. The first kappa shape index (κ1) is 18.1. The Labute approximate surface area is 138 Å². The molecule has 1 aliphatic heterocycles. The number of halogens is 3. The lowest BCUT2D eigenvalue weighted by atomic mass is 10.1. The second-order valence-electron chi connectivity index (χ2n) is 5.55. The van der Waals surface area contributed by atoms with E-state index in [0.717, 1.165) is 12.1 Å². The van der Waals surface area contributed by atoms with Gasteiger partial charge < -0.3 is 15.1 Å². The Morgan fingerprint density at radius 3 is 2.42 bits per heavy atom. The fourth-order valence-electron chi connectivity index (χ4n) is 2.50. The molecule has 8 heteroatoms. The molecule has 1 aromatic carbocycles. The predicted molar refractivity (Wildman–Crippen MR) is 83.5 cm³/mol. The number of nitrogens with zero attached hydrogens (tertiary/aromatic N) is 2. The number of anilines is 1. The number of rotatable bonds is 4. The molecule has 0 spiro atoms. The van der Waals surface area contributed by atoms with E-state index >= 15 is 0 Å². The molecule has 0 aliphatic carbocycles. The lowest BCUT2D eigenvalue weighted by Gasteiger charge is -2.36. The zero-order valence-corrected chi connectivity index (χ0v) is 13.4. The molecule has 1 heterocycles. The van der Waals surface area contributed by atoms with Crippen LogP contribution in [0.4, 0.5) is 18.9 Å². The van der Waals surface area contributed by atoms with Gasteiger partial charge in [-0.1, -0.05) is 13.0 Å². The van der Waals surface area contributed by atoms with Gasteiger partial charge in [0.2, 0.25) is 11.8 Å². The van der Waals surface area contributed by atoms with Gasteiger partial charge in [-0.25, -0.2) is 0 Å². The zero-order chi connectivity index (χ0) is 17.7. The summed E-state index contributed by atoms with van der Waals surface area (Å²) in [4.78, 5) is 26.6. The Morgan fingerprint density at radius 1 is 1.17 bits per heavy atom. The van der Waals surface area contributed by atoms with Crippen molar-refractivity contribution in [1.82, 2.24) is 10.2 Å². The standard InChI is InChI=1S/C16H20F3N3O2/c1-2-14(23)20-11-15(24)22-8-6-21(7-9-22)13-5-3-4-12(10-13)16(17,18)19/h3-5,10H,2,6-9,11H2,1H3,(H,20,23). The molecule has 0 radical (unpaired) electrons.